The van der Waals surface area contributed by atoms with Crippen LogP contribution in [0.5, 0.6) is 0 Å². The first-order chi connectivity index (χ1) is 32.6. The predicted octanol–water partition coefficient (Wildman–Crippen LogP) is 6.64. The number of amides is 4. The number of hydrogen-bond donors (Lipinski definition) is 4. The third kappa shape index (κ3) is 23.0. The average Bonchev–Trinajstić information content (AvgIpc) is 3.30. The minimum absolute atomic E-state index is 0.366. The smallest absolute Gasteiger partial charge is 0.268 e. The van der Waals surface area contributed by atoms with Crippen molar-refractivity contribution < 1.29 is 47.9 Å². The van der Waals surface area contributed by atoms with E-state index in [2.05, 4.69) is 90.5 Å². The minimum atomic E-state index is -0.956. The van der Waals surface area contributed by atoms with Crippen molar-refractivity contribution >= 4 is 58.8 Å². The van der Waals surface area contributed by atoms with Crippen LogP contribution >= 0.6 is 22.6 Å². The minimum Gasteiger partial charge on any atom is -0.370 e. The lowest BCUT2D eigenvalue weighted by atomic mass is 10.1. The fraction of sp³-hybridized carbons (Fsp3) is 0.296. The fourth-order valence-corrected chi connectivity index (χ4v) is 6.09. The van der Waals surface area contributed by atoms with Crippen LogP contribution in [0.1, 0.15) is 114 Å². The van der Waals surface area contributed by atoms with Crippen molar-refractivity contribution in [2.24, 2.45) is 0 Å². The molecule has 0 spiro atoms. The highest BCUT2D eigenvalue weighted by Gasteiger charge is 2.32. The lowest BCUT2D eigenvalue weighted by Crippen LogP contribution is -2.54. The van der Waals surface area contributed by atoms with Gasteiger partial charge >= 0.3 is 0 Å². The van der Waals surface area contributed by atoms with Gasteiger partial charge in [-0.1, -0.05) is 42.0 Å². The molecule has 4 atom stereocenters. The Morgan fingerprint density at radius 2 is 0.870 bits per heavy atom. The SMILES string of the molecule is C#CC#Cc1ccc(C(=O)NC(C(=O)NOC)[C@@H](C)OC(C)(C)C)cc1.CONC(=O)C(NC(=O)c1ccc(C#CC#Cc2ccc(C=O)cc2)cc1)[C@@H](C)OC(C)(C)C.O=Cc1ccc(I)cc1. The largest absolute Gasteiger partial charge is 0.370 e. The highest BCUT2D eigenvalue weighted by atomic mass is 127. The van der Waals surface area contributed by atoms with Gasteiger partial charge in [-0.3, -0.25) is 38.4 Å². The second-order valence-electron chi connectivity index (χ2n) is 16.6. The van der Waals surface area contributed by atoms with E-state index >= 15 is 0 Å². The maximum atomic E-state index is 12.7. The zero-order chi connectivity index (χ0) is 51.6. The number of nitrogens with one attached hydrogen (secondary N) is 4. The van der Waals surface area contributed by atoms with Crippen LogP contribution in [0.4, 0.5) is 0 Å². The van der Waals surface area contributed by atoms with Crippen molar-refractivity contribution in [3.8, 4) is 47.9 Å². The van der Waals surface area contributed by atoms with Crippen LogP contribution in [0, 0.1) is 51.4 Å². The van der Waals surface area contributed by atoms with Crippen LogP contribution in [-0.2, 0) is 28.7 Å². The second kappa shape index (κ2) is 29.6. The molecule has 15 heteroatoms. The summed E-state index contributed by atoms with van der Waals surface area (Å²) in [5, 5.41) is 5.38. The molecule has 4 aromatic carbocycles. The Morgan fingerprint density at radius 3 is 1.17 bits per heavy atom. The molecule has 0 radical (unpaired) electrons. The summed E-state index contributed by atoms with van der Waals surface area (Å²) in [7, 11) is 2.64. The summed E-state index contributed by atoms with van der Waals surface area (Å²) in [5.74, 6) is 17.0. The number of carbonyl (C=O) groups excluding carboxylic acids is 6. The zero-order valence-electron chi connectivity index (χ0n) is 40.2. The molecule has 4 aromatic rings. The number of rotatable bonds is 14. The molecule has 69 heavy (non-hydrogen) atoms. The number of hydroxylamine groups is 2. The van der Waals surface area contributed by atoms with Crippen LogP contribution in [0.3, 0.4) is 0 Å². The van der Waals surface area contributed by atoms with E-state index in [1.54, 1.807) is 98.8 Å². The van der Waals surface area contributed by atoms with E-state index < -0.39 is 59.1 Å². The molecule has 4 N–H and O–H groups in total. The van der Waals surface area contributed by atoms with Gasteiger partial charge in [-0.15, -0.1) is 6.42 Å². The zero-order valence-corrected chi connectivity index (χ0v) is 42.4. The summed E-state index contributed by atoms with van der Waals surface area (Å²) >= 11 is 2.20. The fourth-order valence-electron chi connectivity index (χ4n) is 5.73. The number of halogens is 1. The molecular weight excluding hydrogens is 992 g/mol. The molecule has 0 aliphatic rings. The van der Waals surface area contributed by atoms with Gasteiger partial charge in [0.05, 0.1) is 37.6 Å². The average molecular weight is 1050 g/mol. The Hall–Kier alpha value is -7.09. The van der Waals surface area contributed by atoms with E-state index in [0.717, 1.165) is 27.3 Å². The van der Waals surface area contributed by atoms with Crippen LogP contribution in [0.2, 0.25) is 0 Å². The van der Waals surface area contributed by atoms with Crippen molar-refractivity contribution in [1.82, 2.24) is 21.6 Å². The van der Waals surface area contributed by atoms with Gasteiger partial charge in [-0.25, -0.2) is 11.0 Å². The van der Waals surface area contributed by atoms with Gasteiger partial charge in [0.1, 0.15) is 24.7 Å². The van der Waals surface area contributed by atoms with Crippen molar-refractivity contribution in [3.05, 3.63) is 140 Å². The third-order valence-corrected chi connectivity index (χ3v) is 9.38. The molecule has 360 valence electrons. The molecule has 0 aliphatic carbocycles. The third-order valence-electron chi connectivity index (χ3n) is 8.66. The van der Waals surface area contributed by atoms with Crippen LogP contribution in [-0.4, -0.2) is 85.9 Å². The summed E-state index contributed by atoms with van der Waals surface area (Å²) in [6.07, 6.45) is 5.53. The Bertz CT molecular complexity index is 2580. The summed E-state index contributed by atoms with van der Waals surface area (Å²) in [6, 6.07) is 25.6. The number of carbonyl (C=O) groups is 6. The summed E-state index contributed by atoms with van der Waals surface area (Å²) in [5.41, 5.74) is 7.69. The van der Waals surface area contributed by atoms with E-state index in [4.69, 9.17) is 20.7 Å². The first kappa shape index (κ1) is 58.0. The number of ether oxygens (including phenoxy) is 2. The highest BCUT2D eigenvalue weighted by molar-refractivity contribution is 14.1. The molecule has 2 unspecified atom stereocenters. The molecule has 0 fully saturated rings. The molecule has 0 saturated carbocycles. The molecule has 0 aromatic heterocycles. The van der Waals surface area contributed by atoms with E-state index in [0.29, 0.717) is 27.8 Å². The first-order valence-corrected chi connectivity index (χ1v) is 22.3. The molecular formula is C54H57IN4O10. The molecule has 14 nitrogen and oxygen atoms in total. The summed E-state index contributed by atoms with van der Waals surface area (Å²) < 4.78 is 12.8. The molecule has 0 aliphatic heterocycles. The molecule has 0 bridgehead atoms. The van der Waals surface area contributed by atoms with Gasteiger partial charge in [0, 0.05) is 42.5 Å². The number of hydrogen-bond acceptors (Lipinski definition) is 10. The molecule has 4 amide bonds. The topological polar surface area (TPSA) is 187 Å². The van der Waals surface area contributed by atoms with E-state index in [-0.39, 0.29) is 0 Å². The van der Waals surface area contributed by atoms with Gasteiger partial charge in [0.2, 0.25) is 0 Å². The van der Waals surface area contributed by atoms with Gasteiger partial charge in [0.25, 0.3) is 23.6 Å². The monoisotopic (exact) mass is 1050 g/mol. The Morgan fingerprint density at radius 1 is 0.551 bits per heavy atom. The van der Waals surface area contributed by atoms with Crippen molar-refractivity contribution in [2.45, 2.75) is 90.9 Å². The lowest BCUT2D eigenvalue weighted by molar-refractivity contribution is -0.141. The number of aldehydes is 2. The van der Waals surface area contributed by atoms with Crippen molar-refractivity contribution in [3.63, 3.8) is 0 Å². The van der Waals surface area contributed by atoms with Crippen LogP contribution < -0.4 is 21.6 Å². The van der Waals surface area contributed by atoms with Gasteiger partial charge in [-0.2, -0.15) is 0 Å². The molecule has 0 saturated heterocycles. The van der Waals surface area contributed by atoms with Gasteiger partial charge in [0.15, 0.2) is 0 Å². The Balaban J connectivity index is 0.000000409. The van der Waals surface area contributed by atoms with Gasteiger partial charge in [-0.05, 0) is 174 Å². The van der Waals surface area contributed by atoms with Crippen molar-refractivity contribution in [2.75, 3.05) is 14.2 Å². The number of terminal acetylenes is 1. The second-order valence-corrected chi connectivity index (χ2v) is 17.8. The molecule has 4 rings (SSSR count). The quantitative estimate of drug-likeness (QED) is 0.0462. The Kier molecular flexibility index (Phi) is 24.9. The maximum absolute atomic E-state index is 12.7. The number of benzene rings is 4. The van der Waals surface area contributed by atoms with E-state index in [9.17, 15) is 28.8 Å². The summed E-state index contributed by atoms with van der Waals surface area (Å²) in [4.78, 5) is 80.0. The van der Waals surface area contributed by atoms with E-state index in [1.807, 2.05) is 53.7 Å². The first-order valence-electron chi connectivity index (χ1n) is 21.2. The summed E-state index contributed by atoms with van der Waals surface area (Å²) in [6.45, 7) is 14.6. The normalized spacial score (nSPS) is 12.0. The van der Waals surface area contributed by atoms with Crippen LogP contribution in [0.25, 0.3) is 0 Å². The van der Waals surface area contributed by atoms with Crippen molar-refractivity contribution in [1.29, 1.82) is 0 Å². The predicted molar refractivity (Wildman–Crippen MR) is 272 cm³/mol. The van der Waals surface area contributed by atoms with Crippen LogP contribution in [0.15, 0.2) is 97.1 Å². The van der Waals surface area contributed by atoms with E-state index in [1.165, 1.54) is 14.2 Å². The highest BCUT2D eigenvalue weighted by Crippen LogP contribution is 2.16. The lowest BCUT2D eigenvalue weighted by Gasteiger charge is -2.30. The van der Waals surface area contributed by atoms with Gasteiger partial charge < -0.3 is 20.1 Å². The Labute approximate surface area is 418 Å². The molecule has 0 heterocycles. The maximum Gasteiger partial charge on any atom is 0.268 e. The standard InChI is InChI=1S/C27H28N2O5.C20H24N2O4.C7H5IO/c1-19(34-27(2,3)4)24(26(32)29-33-5)28-25(31)23-16-14-21(15-17-23)9-7-6-8-20-10-12-22(18-30)13-11-20;1-7-8-9-15-10-12-16(13-11-15)18(23)21-17(19(24)22-25-6)14(2)26-20(3,4)5;8-7-3-1-6(5-9)2-4-7/h10-19,24H,1-5H3,(H,28,31)(H,29,32);1,10-14,17H,2-6H3,(H,21,23)(H,22,24);1-5H/t19-,24?;14-,17?;/m11./s1.